The van der Waals surface area contributed by atoms with E-state index in [-0.39, 0.29) is 5.56 Å². The van der Waals surface area contributed by atoms with E-state index in [4.69, 9.17) is 12.2 Å². The number of hydrogen-bond donors (Lipinski definition) is 2. The summed E-state index contributed by atoms with van der Waals surface area (Å²) in [5, 5.41) is 7.11. The fraction of sp³-hybridized carbons (Fsp3) is 0.333. The molecule has 0 unspecified atom stereocenters. The number of aromatic amines is 1. The number of hydrogen-bond acceptors (Lipinski definition) is 3. The van der Waals surface area contributed by atoms with Crippen LogP contribution in [0.3, 0.4) is 0 Å². The largest absolute Gasteiger partial charge is 0.362 e. The second-order valence-electron chi connectivity index (χ2n) is 7.23. The molecule has 0 bridgehead atoms. The standard InChI is InChI=1S/C21H25N3OS2/c1-14(2)11-22-21(26)24(13-18-5-4-8-27-18)12-17-10-16-9-15(3)6-7-19(16)23-20(17)25/h4-10,14H,11-13H2,1-3H3,(H,22,26)(H,23,25). The Morgan fingerprint density at radius 3 is 2.78 bits per heavy atom. The van der Waals surface area contributed by atoms with Crippen LogP contribution in [0, 0.1) is 12.8 Å². The van der Waals surface area contributed by atoms with Gasteiger partial charge in [-0.3, -0.25) is 4.79 Å². The summed E-state index contributed by atoms with van der Waals surface area (Å²) in [6.45, 7) is 8.32. The lowest BCUT2D eigenvalue weighted by atomic mass is 10.1. The Balaban J connectivity index is 1.88. The highest BCUT2D eigenvalue weighted by Gasteiger charge is 2.15. The van der Waals surface area contributed by atoms with Gasteiger partial charge in [0.2, 0.25) is 0 Å². The van der Waals surface area contributed by atoms with Crippen LogP contribution in [-0.4, -0.2) is 21.5 Å². The first-order valence-corrected chi connectivity index (χ1v) is 10.4. The Kier molecular flexibility index (Phi) is 6.29. The number of pyridine rings is 1. The van der Waals surface area contributed by atoms with Crippen molar-refractivity contribution in [2.75, 3.05) is 6.54 Å². The maximum atomic E-state index is 12.6. The molecule has 0 saturated carbocycles. The Morgan fingerprint density at radius 1 is 1.26 bits per heavy atom. The van der Waals surface area contributed by atoms with E-state index >= 15 is 0 Å². The van der Waals surface area contributed by atoms with Crippen LogP contribution in [0.1, 0.15) is 29.9 Å². The smallest absolute Gasteiger partial charge is 0.253 e. The number of aryl methyl sites for hydroxylation is 1. The Morgan fingerprint density at radius 2 is 2.07 bits per heavy atom. The van der Waals surface area contributed by atoms with E-state index in [1.165, 1.54) is 10.4 Å². The molecule has 0 aliphatic carbocycles. The predicted molar refractivity (Wildman–Crippen MR) is 118 cm³/mol. The van der Waals surface area contributed by atoms with E-state index in [1.54, 1.807) is 11.3 Å². The number of nitrogens with zero attached hydrogens (tertiary/aromatic N) is 1. The molecule has 0 spiro atoms. The second kappa shape index (κ2) is 8.67. The van der Waals surface area contributed by atoms with E-state index in [9.17, 15) is 4.79 Å². The maximum absolute atomic E-state index is 12.6. The highest BCUT2D eigenvalue weighted by atomic mass is 32.1. The normalized spacial score (nSPS) is 11.1. The summed E-state index contributed by atoms with van der Waals surface area (Å²) in [4.78, 5) is 18.9. The predicted octanol–water partition coefficient (Wildman–Crippen LogP) is 4.43. The number of benzene rings is 1. The summed E-state index contributed by atoms with van der Waals surface area (Å²) < 4.78 is 0. The number of nitrogens with one attached hydrogen (secondary N) is 2. The van der Waals surface area contributed by atoms with Gasteiger partial charge in [0.25, 0.3) is 5.56 Å². The van der Waals surface area contributed by atoms with E-state index in [0.717, 1.165) is 23.0 Å². The van der Waals surface area contributed by atoms with Crippen molar-refractivity contribution in [2.45, 2.75) is 33.9 Å². The van der Waals surface area contributed by atoms with Gasteiger partial charge in [0.1, 0.15) is 0 Å². The minimum absolute atomic E-state index is 0.0609. The minimum atomic E-state index is -0.0609. The van der Waals surface area contributed by atoms with E-state index < -0.39 is 0 Å². The number of thiocarbonyl (C=S) groups is 1. The number of aromatic nitrogens is 1. The number of fused-ring (bicyclic) bond motifs is 1. The number of thiophene rings is 1. The molecular formula is C21H25N3OS2. The van der Waals surface area contributed by atoms with Gasteiger partial charge in [-0.2, -0.15) is 0 Å². The summed E-state index contributed by atoms with van der Waals surface area (Å²) in [7, 11) is 0. The highest BCUT2D eigenvalue weighted by molar-refractivity contribution is 7.80. The van der Waals surface area contributed by atoms with Crippen LogP contribution in [-0.2, 0) is 13.1 Å². The molecule has 142 valence electrons. The van der Waals surface area contributed by atoms with Crippen molar-refractivity contribution in [3.05, 3.63) is 68.1 Å². The first-order chi connectivity index (χ1) is 12.9. The van der Waals surface area contributed by atoms with Gasteiger partial charge in [-0.1, -0.05) is 31.5 Å². The van der Waals surface area contributed by atoms with Crippen molar-refractivity contribution < 1.29 is 0 Å². The van der Waals surface area contributed by atoms with Gasteiger partial charge in [-0.25, -0.2) is 0 Å². The first-order valence-electron chi connectivity index (χ1n) is 9.10. The molecule has 0 aliphatic rings. The average molecular weight is 400 g/mol. The molecule has 6 heteroatoms. The number of rotatable bonds is 6. The van der Waals surface area contributed by atoms with Gasteiger partial charge in [-0.15, -0.1) is 11.3 Å². The van der Waals surface area contributed by atoms with Crippen LogP contribution in [0.5, 0.6) is 0 Å². The molecule has 4 nitrogen and oxygen atoms in total. The molecule has 0 radical (unpaired) electrons. The topological polar surface area (TPSA) is 48.1 Å². The SMILES string of the molecule is Cc1ccc2[nH]c(=O)c(CN(Cc3cccs3)C(=S)NCC(C)C)cc2c1. The van der Waals surface area contributed by atoms with E-state index in [2.05, 4.69) is 53.5 Å². The van der Waals surface area contributed by atoms with Gasteiger partial charge < -0.3 is 15.2 Å². The zero-order chi connectivity index (χ0) is 19.4. The van der Waals surface area contributed by atoms with Crippen LogP contribution in [0.2, 0.25) is 0 Å². The van der Waals surface area contributed by atoms with Crippen LogP contribution >= 0.6 is 23.6 Å². The zero-order valence-electron chi connectivity index (χ0n) is 15.9. The monoisotopic (exact) mass is 399 g/mol. The molecule has 0 fully saturated rings. The molecule has 0 atom stereocenters. The van der Waals surface area contributed by atoms with Crippen LogP contribution in [0.4, 0.5) is 0 Å². The van der Waals surface area contributed by atoms with Gasteiger partial charge in [0.05, 0.1) is 13.1 Å². The molecule has 2 N–H and O–H groups in total. The summed E-state index contributed by atoms with van der Waals surface area (Å²) in [6, 6.07) is 12.2. The Hall–Kier alpha value is -2.18. The van der Waals surface area contributed by atoms with Crippen molar-refractivity contribution in [2.24, 2.45) is 5.92 Å². The molecule has 0 saturated heterocycles. The maximum Gasteiger partial charge on any atom is 0.253 e. The molecule has 0 amide bonds. The van der Waals surface area contributed by atoms with Gasteiger partial charge in [0.15, 0.2) is 5.11 Å². The van der Waals surface area contributed by atoms with Crippen molar-refractivity contribution in [3.8, 4) is 0 Å². The molecule has 1 aromatic carbocycles. The third-order valence-corrected chi connectivity index (χ3v) is 5.58. The lowest BCUT2D eigenvalue weighted by Crippen LogP contribution is -2.41. The van der Waals surface area contributed by atoms with Crippen LogP contribution in [0.15, 0.2) is 46.6 Å². The van der Waals surface area contributed by atoms with Gasteiger partial charge in [0, 0.05) is 22.5 Å². The van der Waals surface area contributed by atoms with Crippen LogP contribution < -0.4 is 10.9 Å². The summed E-state index contributed by atoms with van der Waals surface area (Å²) >= 11 is 7.33. The van der Waals surface area contributed by atoms with Gasteiger partial charge in [-0.05, 0) is 60.1 Å². The van der Waals surface area contributed by atoms with Crippen LogP contribution in [0.25, 0.3) is 10.9 Å². The molecule has 0 aliphatic heterocycles. The first kappa shape index (κ1) is 19.6. The van der Waals surface area contributed by atoms with Crippen molar-refractivity contribution in [1.29, 1.82) is 0 Å². The minimum Gasteiger partial charge on any atom is -0.362 e. The van der Waals surface area contributed by atoms with Crippen molar-refractivity contribution in [3.63, 3.8) is 0 Å². The summed E-state index contributed by atoms with van der Waals surface area (Å²) in [5.74, 6) is 0.499. The zero-order valence-corrected chi connectivity index (χ0v) is 17.5. The highest BCUT2D eigenvalue weighted by Crippen LogP contribution is 2.17. The van der Waals surface area contributed by atoms with E-state index in [0.29, 0.717) is 24.1 Å². The second-order valence-corrected chi connectivity index (χ2v) is 8.65. The summed E-state index contributed by atoms with van der Waals surface area (Å²) in [5.41, 5.74) is 2.69. The van der Waals surface area contributed by atoms with Crippen molar-refractivity contribution in [1.82, 2.24) is 15.2 Å². The third kappa shape index (κ3) is 5.17. The quantitative estimate of drug-likeness (QED) is 0.602. The lowest BCUT2D eigenvalue weighted by Gasteiger charge is -2.26. The fourth-order valence-corrected chi connectivity index (χ4v) is 3.82. The summed E-state index contributed by atoms with van der Waals surface area (Å²) in [6.07, 6.45) is 0. The molecular weight excluding hydrogens is 374 g/mol. The fourth-order valence-electron chi connectivity index (χ4n) is 2.89. The number of H-pyrrole nitrogens is 1. The van der Waals surface area contributed by atoms with Gasteiger partial charge >= 0.3 is 0 Å². The van der Waals surface area contributed by atoms with Crippen molar-refractivity contribution >= 4 is 39.6 Å². The molecule has 3 rings (SSSR count). The lowest BCUT2D eigenvalue weighted by molar-refractivity contribution is 0.397. The average Bonchev–Trinajstić information content (AvgIpc) is 3.13. The van der Waals surface area contributed by atoms with E-state index in [1.807, 2.05) is 24.3 Å². The molecule has 2 heterocycles. The molecule has 2 aromatic heterocycles. The third-order valence-electron chi connectivity index (χ3n) is 4.31. The Labute approximate surface area is 169 Å². The molecule has 27 heavy (non-hydrogen) atoms. The Bertz CT molecular complexity index is 977. The molecule has 3 aromatic rings.